The minimum Gasteiger partial charge on any atom is -0.354 e. The molecule has 2 atom stereocenters. The largest absolute Gasteiger partial charge is 0.354 e. The van der Waals surface area contributed by atoms with Crippen LogP contribution in [0.3, 0.4) is 0 Å². The monoisotopic (exact) mass is 328 g/mol. The Morgan fingerprint density at radius 1 is 1.50 bits per heavy atom. The number of anilines is 1. The first kappa shape index (κ1) is 11.6. The highest BCUT2D eigenvalue weighted by molar-refractivity contribution is 14.1. The van der Waals surface area contributed by atoms with E-state index in [-0.39, 0.29) is 0 Å². The Balaban J connectivity index is 2.11. The first-order valence-electron chi connectivity index (χ1n) is 5.35. The maximum absolute atomic E-state index is 8.65. The van der Waals surface area contributed by atoms with Gasteiger partial charge in [0.2, 0.25) is 0 Å². The molecule has 0 saturated carbocycles. The van der Waals surface area contributed by atoms with Crippen LogP contribution in [0.2, 0.25) is 0 Å². The quantitative estimate of drug-likeness (QED) is 0.615. The predicted octanol–water partition coefficient (Wildman–Crippen LogP) is 2.00. The number of halogens is 1. The summed E-state index contributed by atoms with van der Waals surface area (Å²) in [5, 5.41) is 8.65. The summed E-state index contributed by atoms with van der Waals surface area (Å²) in [5.41, 5.74) is 0.376. The molecule has 1 saturated heterocycles. The zero-order valence-electron chi connectivity index (χ0n) is 9.10. The van der Waals surface area contributed by atoms with Gasteiger partial charge in [0, 0.05) is 17.0 Å². The lowest BCUT2D eigenvalue weighted by molar-refractivity contribution is 0.591. The second-order valence-electron chi connectivity index (χ2n) is 3.96. The second kappa shape index (κ2) is 4.95. The van der Waals surface area contributed by atoms with Gasteiger partial charge in [0.25, 0.3) is 0 Å². The molecule has 2 heterocycles. The Kier molecular flexibility index (Phi) is 3.59. The van der Waals surface area contributed by atoms with Crippen LogP contribution in [0.5, 0.6) is 0 Å². The van der Waals surface area contributed by atoms with Crippen molar-refractivity contribution in [1.29, 1.82) is 5.26 Å². The average Bonchev–Trinajstić information content (AvgIpc) is 2.71. The van der Waals surface area contributed by atoms with Crippen LogP contribution < -0.4 is 4.90 Å². The fourth-order valence-electron chi connectivity index (χ4n) is 1.95. The molecule has 84 valence electrons. The number of aromatic nitrogens is 2. The van der Waals surface area contributed by atoms with Gasteiger partial charge in [-0.15, -0.1) is 0 Å². The molecule has 1 aromatic heterocycles. The third kappa shape index (κ3) is 2.26. The molecule has 0 N–H and O–H groups in total. The fourth-order valence-corrected chi connectivity index (χ4v) is 3.16. The van der Waals surface area contributed by atoms with Crippen LogP contribution in [0.1, 0.15) is 19.0 Å². The smallest absolute Gasteiger partial charge is 0.158 e. The van der Waals surface area contributed by atoms with Crippen LogP contribution in [0.15, 0.2) is 12.4 Å². The summed E-state index contributed by atoms with van der Waals surface area (Å²) in [4.78, 5) is 10.6. The summed E-state index contributed by atoms with van der Waals surface area (Å²) in [6, 6.07) is 1.98. The van der Waals surface area contributed by atoms with Crippen LogP contribution in [-0.4, -0.2) is 27.0 Å². The van der Waals surface area contributed by atoms with E-state index in [1.807, 2.05) is 6.07 Å². The zero-order valence-corrected chi connectivity index (χ0v) is 11.3. The number of nitriles is 1. The van der Waals surface area contributed by atoms with Gasteiger partial charge in [-0.1, -0.05) is 35.9 Å². The molecule has 1 aliphatic heterocycles. The molecule has 1 aromatic rings. The van der Waals surface area contributed by atoms with Gasteiger partial charge in [-0.25, -0.2) is 9.97 Å². The van der Waals surface area contributed by atoms with Gasteiger partial charge in [0.1, 0.15) is 11.9 Å². The summed E-state index contributed by atoms with van der Waals surface area (Å²) in [6.45, 7) is 4.30. The Hall–Kier alpha value is -0.900. The van der Waals surface area contributed by atoms with E-state index < -0.39 is 0 Å². The normalized spacial score (nSPS) is 24.4. The van der Waals surface area contributed by atoms with Gasteiger partial charge in [-0.3, -0.25) is 0 Å². The van der Waals surface area contributed by atoms with E-state index in [2.05, 4.69) is 44.4 Å². The number of hydrogen-bond donors (Lipinski definition) is 0. The van der Waals surface area contributed by atoms with Gasteiger partial charge >= 0.3 is 0 Å². The maximum Gasteiger partial charge on any atom is 0.158 e. The molecule has 1 fully saturated rings. The summed E-state index contributed by atoms with van der Waals surface area (Å²) in [7, 11) is 0. The first-order valence-corrected chi connectivity index (χ1v) is 6.60. The molecule has 2 unspecified atom stereocenters. The summed E-state index contributed by atoms with van der Waals surface area (Å²) in [6.07, 6.45) is 4.44. The van der Waals surface area contributed by atoms with Crippen molar-refractivity contribution in [2.45, 2.75) is 17.3 Å². The van der Waals surface area contributed by atoms with Crippen LogP contribution in [0, 0.1) is 17.2 Å². The molecule has 0 aliphatic carbocycles. The van der Waals surface area contributed by atoms with E-state index in [1.165, 1.54) is 12.6 Å². The summed E-state index contributed by atoms with van der Waals surface area (Å²) >= 11 is 2.51. The SMILES string of the molecule is CCC1CN(c2cnc(C#N)cn2)CC1I. The van der Waals surface area contributed by atoms with Crippen LogP contribution in [0.25, 0.3) is 0 Å². The standard InChI is InChI=1S/C11H13IN4/c1-2-8-6-16(7-10(8)12)11-5-14-9(3-13)4-15-11/h4-5,8,10H,2,6-7H2,1H3. The van der Waals surface area contributed by atoms with Crippen molar-refractivity contribution >= 4 is 28.4 Å². The van der Waals surface area contributed by atoms with E-state index >= 15 is 0 Å². The van der Waals surface area contributed by atoms with Crippen molar-refractivity contribution in [2.75, 3.05) is 18.0 Å². The Labute approximate surface area is 109 Å². The highest BCUT2D eigenvalue weighted by Crippen LogP contribution is 2.29. The third-order valence-corrected chi connectivity index (χ3v) is 4.37. The van der Waals surface area contributed by atoms with Crippen LogP contribution in [-0.2, 0) is 0 Å². The molecule has 4 nitrogen and oxygen atoms in total. The summed E-state index contributed by atoms with van der Waals surface area (Å²) < 4.78 is 0.681. The molecule has 0 aromatic carbocycles. The number of nitrogens with zero attached hydrogens (tertiary/aromatic N) is 4. The van der Waals surface area contributed by atoms with Gasteiger partial charge < -0.3 is 4.90 Å². The average molecular weight is 328 g/mol. The van der Waals surface area contributed by atoms with Crippen LogP contribution >= 0.6 is 22.6 Å². The van der Waals surface area contributed by atoms with E-state index in [1.54, 1.807) is 6.20 Å². The highest BCUT2D eigenvalue weighted by Gasteiger charge is 2.30. The zero-order chi connectivity index (χ0) is 11.5. The number of rotatable bonds is 2. The predicted molar refractivity (Wildman–Crippen MR) is 70.5 cm³/mol. The molecular formula is C11H13IN4. The van der Waals surface area contributed by atoms with Crippen molar-refractivity contribution in [1.82, 2.24) is 9.97 Å². The Morgan fingerprint density at radius 3 is 2.81 bits per heavy atom. The highest BCUT2D eigenvalue weighted by atomic mass is 127. The summed E-state index contributed by atoms with van der Waals surface area (Å²) in [5.74, 6) is 1.62. The lowest BCUT2D eigenvalue weighted by Gasteiger charge is -2.16. The topological polar surface area (TPSA) is 52.8 Å². The lowest BCUT2D eigenvalue weighted by atomic mass is 10.1. The fraction of sp³-hybridized carbons (Fsp3) is 0.545. The lowest BCUT2D eigenvalue weighted by Crippen LogP contribution is -2.21. The Bertz CT molecular complexity index is 397. The Morgan fingerprint density at radius 2 is 2.31 bits per heavy atom. The third-order valence-electron chi connectivity index (χ3n) is 2.96. The molecule has 16 heavy (non-hydrogen) atoms. The van der Waals surface area contributed by atoms with E-state index in [4.69, 9.17) is 5.26 Å². The van der Waals surface area contributed by atoms with Gasteiger partial charge in [0.15, 0.2) is 5.69 Å². The van der Waals surface area contributed by atoms with E-state index in [0.717, 1.165) is 24.8 Å². The molecule has 0 amide bonds. The van der Waals surface area contributed by atoms with Crippen molar-refractivity contribution in [2.24, 2.45) is 5.92 Å². The number of hydrogen-bond acceptors (Lipinski definition) is 4. The van der Waals surface area contributed by atoms with Crippen molar-refractivity contribution in [3.8, 4) is 6.07 Å². The molecule has 0 radical (unpaired) electrons. The minimum atomic E-state index is 0.376. The first-order chi connectivity index (χ1) is 7.74. The molecule has 5 heteroatoms. The number of alkyl halides is 1. The second-order valence-corrected chi connectivity index (χ2v) is 5.56. The minimum absolute atomic E-state index is 0.376. The van der Waals surface area contributed by atoms with Gasteiger partial charge in [-0.2, -0.15) is 5.26 Å². The van der Waals surface area contributed by atoms with E-state index in [0.29, 0.717) is 9.62 Å². The molecule has 0 bridgehead atoms. The van der Waals surface area contributed by atoms with E-state index in [9.17, 15) is 0 Å². The van der Waals surface area contributed by atoms with Crippen molar-refractivity contribution in [3.05, 3.63) is 18.1 Å². The molecule has 0 spiro atoms. The van der Waals surface area contributed by atoms with Crippen molar-refractivity contribution in [3.63, 3.8) is 0 Å². The van der Waals surface area contributed by atoms with Crippen molar-refractivity contribution < 1.29 is 0 Å². The molecule has 2 rings (SSSR count). The molecule has 1 aliphatic rings. The molecular weight excluding hydrogens is 315 g/mol. The van der Waals surface area contributed by atoms with Gasteiger partial charge in [-0.05, 0) is 5.92 Å². The van der Waals surface area contributed by atoms with Gasteiger partial charge in [0.05, 0.1) is 12.4 Å². The van der Waals surface area contributed by atoms with Crippen LogP contribution in [0.4, 0.5) is 5.82 Å². The maximum atomic E-state index is 8.65.